The summed E-state index contributed by atoms with van der Waals surface area (Å²) < 4.78 is 2.16. The summed E-state index contributed by atoms with van der Waals surface area (Å²) in [4.78, 5) is 2.42. The monoisotopic (exact) mass is 208 g/mol. The van der Waals surface area contributed by atoms with Crippen LogP contribution in [0.1, 0.15) is 19.0 Å². The van der Waals surface area contributed by atoms with Gasteiger partial charge in [-0.2, -0.15) is 0 Å². The Morgan fingerprint density at radius 3 is 2.93 bits per heavy atom. The van der Waals surface area contributed by atoms with E-state index in [0.29, 0.717) is 5.92 Å². The Hall–Kier alpha value is -0.800. The lowest BCUT2D eigenvalue weighted by Gasteiger charge is -2.17. The molecule has 0 aromatic carbocycles. The second-order valence-corrected chi connectivity index (χ2v) is 4.63. The Morgan fingerprint density at radius 1 is 1.60 bits per heavy atom. The van der Waals surface area contributed by atoms with Crippen LogP contribution in [0, 0.1) is 5.92 Å². The highest BCUT2D eigenvalue weighted by atomic mass is 16.3. The fourth-order valence-electron chi connectivity index (χ4n) is 2.29. The van der Waals surface area contributed by atoms with Gasteiger partial charge in [-0.05, 0) is 37.9 Å². The summed E-state index contributed by atoms with van der Waals surface area (Å²) in [5.41, 5.74) is 1.35. The van der Waals surface area contributed by atoms with Gasteiger partial charge in [0.2, 0.25) is 0 Å². The first-order valence-electron chi connectivity index (χ1n) is 5.67. The van der Waals surface area contributed by atoms with Crippen LogP contribution in [0.5, 0.6) is 0 Å². The molecule has 1 N–H and O–H groups in total. The van der Waals surface area contributed by atoms with E-state index in [0.717, 1.165) is 26.1 Å². The molecule has 2 atom stereocenters. The molecule has 1 aromatic rings. The maximum Gasteiger partial charge on any atom is 0.0552 e. The zero-order valence-electron chi connectivity index (χ0n) is 9.56. The van der Waals surface area contributed by atoms with Crippen LogP contribution in [-0.4, -0.2) is 33.8 Å². The van der Waals surface area contributed by atoms with E-state index < -0.39 is 0 Å². The molecule has 2 rings (SSSR count). The largest absolute Gasteiger partial charge is 0.393 e. The Balaban J connectivity index is 1.90. The normalized spacial score (nSPS) is 24.6. The molecule has 3 heteroatoms. The number of aryl methyl sites for hydroxylation is 1. The zero-order valence-corrected chi connectivity index (χ0v) is 9.56. The number of nitrogens with zero attached hydrogens (tertiary/aromatic N) is 2. The van der Waals surface area contributed by atoms with Crippen molar-refractivity contribution in [1.82, 2.24) is 9.47 Å². The zero-order chi connectivity index (χ0) is 10.8. The van der Waals surface area contributed by atoms with E-state index in [1.165, 1.54) is 5.69 Å². The first-order chi connectivity index (χ1) is 7.16. The van der Waals surface area contributed by atoms with Gasteiger partial charge in [-0.25, -0.2) is 0 Å². The average Bonchev–Trinajstić information content (AvgIpc) is 2.77. The van der Waals surface area contributed by atoms with Gasteiger partial charge < -0.3 is 9.67 Å². The summed E-state index contributed by atoms with van der Waals surface area (Å²) in [5, 5.41) is 9.52. The SMILES string of the molecule is CC(O)C1CCN(Cc2cccn2C)C1. The van der Waals surface area contributed by atoms with E-state index in [4.69, 9.17) is 0 Å². The van der Waals surface area contributed by atoms with Gasteiger partial charge in [0.1, 0.15) is 0 Å². The van der Waals surface area contributed by atoms with E-state index in [-0.39, 0.29) is 6.10 Å². The van der Waals surface area contributed by atoms with Gasteiger partial charge in [0, 0.05) is 32.0 Å². The van der Waals surface area contributed by atoms with Crippen LogP contribution in [0.25, 0.3) is 0 Å². The Labute approximate surface area is 91.3 Å². The molecule has 1 fully saturated rings. The second kappa shape index (κ2) is 4.37. The number of hydrogen-bond donors (Lipinski definition) is 1. The van der Waals surface area contributed by atoms with Crippen LogP contribution in [0.2, 0.25) is 0 Å². The fraction of sp³-hybridized carbons (Fsp3) is 0.667. The topological polar surface area (TPSA) is 28.4 Å². The van der Waals surface area contributed by atoms with E-state index in [9.17, 15) is 5.11 Å². The number of aliphatic hydroxyl groups is 1. The van der Waals surface area contributed by atoms with Gasteiger partial charge in [0.05, 0.1) is 6.10 Å². The number of hydrogen-bond acceptors (Lipinski definition) is 2. The van der Waals surface area contributed by atoms with Crippen molar-refractivity contribution in [1.29, 1.82) is 0 Å². The molecule has 1 aromatic heterocycles. The van der Waals surface area contributed by atoms with Crippen LogP contribution in [0.15, 0.2) is 18.3 Å². The summed E-state index contributed by atoms with van der Waals surface area (Å²) in [5.74, 6) is 0.463. The minimum atomic E-state index is -0.164. The van der Waals surface area contributed by atoms with E-state index in [1.54, 1.807) is 0 Å². The number of aromatic nitrogens is 1. The molecule has 0 radical (unpaired) electrons. The van der Waals surface area contributed by atoms with Crippen molar-refractivity contribution in [2.75, 3.05) is 13.1 Å². The highest BCUT2D eigenvalue weighted by Gasteiger charge is 2.25. The smallest absolute Gasteiger partial charge is 0.0552 e. The van der Waals surface area contributed by atoms with Crippen LogP contribution < -0.4 is 0 Å². The summed E-state index contributed by atoms with van der Waals surface area (Å²) >= 11 is 0. The Kier molecular flexibility index (Phi) is 3.12. The van der Waals surface area contributed by atoms with Gasteiger partial charge in [0.15, 0.2) is 0 Å². The van der Waals surface area contributed by atoms with Crippen molar-refractivity contribution < 1.29 is 5.11 Å². The molecule has 1 aliphatic heterocycles. The lowest BCUT2D eigenvalue weighted by Crippen LogP contribution is -2.24. The highest BCUT2D eigenvalue weighted by Crippen LogP contribution is 2.21. The molecule has 84 valence electrons. The van der Waals surface area contributed by atoms with E-state index in [2.05, 4.69) is 34.8 Å². The minimum absolute atomic E-state index is 0.164. The maximum atomic E-state index is 9.52. The Bertz CT molecular complexity index is 319. The first-order valence-corrected chi connectivity index (χ1v) is 5.67. The second-order valence-electron chi connectivity index (χ2n) is 4.63. The van der Waals surface area contributed by atoms with Gasteiger partial charge in [-0.15, -0.1) is 0 Å². The third-order valence-electron chi connectivity index (χ3n) is 3.43. The summed E-state index contributed by atoms with van der Waals surface area (Å²) in [6.45, 7) is 5.05. The standard InChI is InChI=1S/C12H20N2O/c1-10(15)11-5-7-14(8-11)9-12-4-3-6-13(12)2/h3-4,6,10-11,15H,5,7-9H2,1-2H3. The van der Waals surface area contributed by atoms with Gasteiger partial charge in [0.25, 0.3) is 0 Å². The van der Waals surface area contributed by atoms with Crippen LogP contribution in [0.4, 0.5) is 0 Å². The molecular formula is C12H20N2O. The summed E-state index contributed by atoms with van der Waals surface area (Å²) in [6.07, 6.45) is 3.04. The number of rotatable bonds is 3. The van der Waals surface area contributed by atoms with Crippen LogP contribution in [0.3, 0.4) is 0 Å². The highest BCUT2D eigenvalue weighted by molar-refractivity contribution is 5.06. The van der Waals surface area contributed by atoms with Crippen molar-refractivity contribution in [2.24, 2.45) is 13.0 Å². The molecular weight excluding hydrogens is 188 g/mol. The molecule has 2 heterocycles. The number of aliphatic hydroxyl groups excluding tert-OH is 1. The predicted octanol–water partition coefficient (Wildman–Crippen LogP) is 1.23. The Morgan fingerprint density at radius 2 is 2.40 bits per heavy atom. The fourth-order valence-corrected chi connectivity index (χ4v) is 2.29. The molecule has 3 nitrogen and oxygen atoms in total. The van der Waals surface area contributed by atoms with Crippen molar-refractivity contribution >= 4 is 0 Å². The molecule has 0 spiro atoms. The molecule has 1 saturated heterocycles. The molecule has 2 unspecified atom stereocenters. The molecule has 0 amide bonds. The van der Waals surface area contributed by atoms with Crippen molar-refractivity contribution in [3.05, 3.63) is 24.0 Å². The third kappa shape index (κ3) is 2.41. The van der Waals surface area contributed by atoms with Crippen molar-refractivity contribution in [3.8, 4) is 0 Å². The quantitative estimate of drug-likeness (QED) is 0.809. The lowest BCUT2D eigenvalue weighted by atomic mass is 10.0. The summed E-state index contributed by atoms with van der Waals surface area (Å²) in [6, 6.07) is 4.24. The van der Waals surface area contributed by atoms with E-state index in [1.807, 2.05) is 6.92 Å². The lowest BCUT2D eigenvalue weighted by molar-refractivity contribution is 0.127. The van der Waals surface area contributed by atoms with Crippen molar-refractivity contribution in [2.45, 2.75) is 26.0 Å². The van der Waals surface area contributed by atoms with E-state index >= 15 is 0 Å². The molecule has 0 aliphatic carbocycles. The van der Waals surface area contributed by atoms with Crippen LogP contribution in [-0.2, 0) is 13.6 Å². The van der Waals surface area contributed by atoms with Crippen molar-refractivity contribution in [3.63, 3.8) is 0 Å². The third-order valence-corrected chi connectivity index (χ3v) is 3.43. The van der Waals surface area contributed by atoms with Gasteiger partial charge in [-0.3, -0.25) is 4.90 Å². The van der Waals surface area contributed by atoms with Gasteiger partial charge in [-0.1, -0.05) is 0 Å². The maximum absolute atomic E-state index is 9.52. The molecule has 0 bridgehead atoms. The first kappa shape index (κ1) is 10.7. The minimum Gasteiger partial charge on any atom is -0.393 e. The molecule has 15 heavy (non-hydrogen) atoms. The molecule has 0 saturated carbocycles. The van der Waals surface area contributed by atoms with Crippen LogP contribution >= 0.6 is 0 Å². The average molecular weight is 208 g/mol. The number of likely N-dealkylation sites (tertiary alicyclic amines) is 1. The summed E-state index contributed by atoms with van der Waals surface area (Å²) in [7, 11) is 2.08. The molecule has 1 aliphatic rings. The predicted molar refractivity (Wildman–Crippen MR) is 60.5 cm³/mol. The van der Waals surface area contributed by atoms with Gasteiger partial charge >= 0.3 is 0 Å².